The van der Waals surface area contributed by atoms with Crippen molar-refractivity contribution in [3.05, 3.63) is 55.3 Å². The van der Waals surface area contributed by atoms with E-state index in [-0.39, 0.29) is 17.2 Å². The summed E-state index contributed by atoms with van der Waals surface area (Å²) in [6, 6.07) is 5.97. The summed E-state index contributed by atoms with van der Waals surface area (Å²) in [5.74, 6) is -0.345. The predicted octanol–water partition coefficient (Wildman–Crippen LogP) is 3.29. The summed E-state index contributed by atoms with van der Waals surface area (Å²) in [7, 11) is 1.56. The fourth-order valence-electron chi connectivity index (χ4n) is 3.34. The number of nitro groups is 1. The Morgan fingerprint density at radius 2 is 2.00 bits per heavy atom. The van der Waals surface area contributed by atoms with E-state index in [1.54, 1.807) is 7.05 Å². The lowest BCUT2D eigenvalue weighted by atomic mass is 9.87. The third-order valence-corrected chi connectivity index (χ3v) is 6.24. The van der Waals surface area contributed by atoms with Crippen LogP contribution in [0.25, 0.3) is 0 Å². The van der Waals surface area contributed by atoms with Gasteiger partial charge in [-0.05, 0) is 48.9 Å². The van der Waals surface area contributed by atoms with E-state index in [4.69, 9.17) is 0 Å². The molecule has 28 heavy (non-hydrogen) atoms. The standard InChI is InChI=1S/C19H22N4O4S/c1-3-11-4-7-16-13(8-11)10-17(28-16)19(25)22-21-18(24)12-5-6-14(20-2)15(9-12)23(26)27/h5-6,9-11,20H,3-4,7-8H2,1-2H3,(H,21,24)(H,22,25)/t11-/m0/s1. The second kappa shape index (κ2) is 8.39. The molecule has 0 saturated carbocycles. The molecule has 0 aliphatic heterocycles. The molecule has 0 fully saturated rings. The smallest absolute Gasteiger partial charge is 0.293 e. The molecule has 0 saturated heterocycles. The largest absolute Gasteiger partial charge is 0.383 e. The number of hydrazine groups is 1. The van der Waals surface area contributed by atoms with Gasteiger partial charge in [-0.15, -0.1) is 11.3 Å². The zero-order valence-corrected chi connectivity index (χ0v) is 16.5. The van der Waals surface area contributed by atoms with Crippen molar-refractivity contribution in [3.8, 4) is 0 Å². The first-order valence-electron chi connectivity index (χ1n) is 9.11. The Kier molecular flexibility index (Phi) is 5.93. The highest BCUT2D eigenvalue weighted by molar-refractivity contribution is 7.14. The summed E-state index contributed by atoms with van der Waals surface area (Å²) >= 11 is 1.45. The second-order valence-electron chi connectivity index (χ2n) is 6.72. The SMILES string of the molecule is CC[C@H]1CCc2sc(C(=O)NNC(=O)c3ccc(NC)c([N+](=O)[O-])c3)cc2C1. The maximum atomic E-state index is 12.4. The van der Waals surface area contributed by atoms with Crippen LogP contribution in [0, 0.1) is 16.0 Å². The molecule has 0 unspecified atom stereocenters. The summed E-state index contributed by atoms with van der Waals surface area (Å²) in [6.07, 6.45) is 4.25. The van der Waals surface area contributed by atoms with Gasteiger partial charge < -0.3 is 5.32 Å². The van der Waals surface area contributed by atoms with Crippen molar-refractivity contribution < 1.29 is 14.5 Å². The van der Waals surface area contributed by atoms with E-state index >= 15 is 0 Å². The van der Waals surface area contributed by atoms with Crippen molar-refractivity contribution in [2.45, 2.75) is 32.6 Å². The molecular formula is C19H22N4O4S. The van der Waals surface area contributed by atoms with Gasteiger partial charge in [0.15, 0.2) is 0 Å². The predicted molar refractivity (Wildman–Crippen MR) is 108 cm³/mol. The lowest BCUT2D eigenvalue weighted by molar-refractivity contribution is -0.384. The van der Waals surface area contributed by atoms with E-state index in [0.29, 0.717) is 16.5 Å². The molecule has 0 spiro atoms. The number of nitrogens with zero attached hydrogens (tertiary/aromatic N) is 1. The molecule has 1 aromatic carbocycles. The summed E-state index contributed by atoms with van der Waals surface area (Å²) < 4.78 is 0. The van der Waals surface area contributed by atoms with Crippen LogP contribution >= 0.6 is 11.3 Å². The van der Waals surface area contributed by atoms with Crippen LogP contribution in [0.2, 0.25) is 0 Å². The van der Waals surface area contributed by atoms with Gasteiger partial charge in [0.2, 0.25) is 0 Å². The molecule has 2 aromatic rings. The minimum Gasteiger partial charge on any atom is -0.383 e. The lowest BCUT2D eigenvalue weighted by Gasteiger charge is -2.19. The van der Waals surface area contributed by atoms with Gasteiger partial charge in [-0.3, -0.25) is 30.6 Å². The molecule has 148 valence electrons. The highest BCUT2D eigenvalue weighted by Crippen LogP contribution is 2.33. The number of carbonyl (C=O) groups is 2. The van der Waals surface area contributed by atoms with Crippen LogP contribution < -0.4 is 16.2 Å². The third-order valence-electron chi connectivity index (χ3n) is 5.00. The molecule has 1 heterocycles. The number of benzene rings is 1. The number of anilines is 1. The van der Waals surface area contributed by atoms with Gasteiger partial charge in [-0.2, -0.15) is 0 Å². The Labute approximate surface area is 166 Å². The Balaban J connectivity index is 1.65. The molecule has 2 amide bonds. The molecule has 1 aliphatic rings. The second-order valence-corrected chi connectivity index (χ2v) is 7.86. The van der Waals surface area contributed by atoms with Gasteiger partial charge in [0.1, 0.15) is 5.69 Å². The fourth-order valence-corrected chi connectivity index (χ4v) is 4.45. The highest BCUT2D eigenvalue weighted by Gasteiger charge is 2.22. The first kappa shape index (κ1) is 19.8. The fraction of sp³-hybridized carbons (Fsp3) is 0.368. The minimum atomic E-state index is -0.619. The van der Waals surface area contributed by atoms with Gasteiger partial charge >= 0.3 is 0 Å². The van der Waals surface area contributed by atoms with E-state index in [1.165, 1.54) is 40.0 Å². The van der Waals surface area contributed by atoms with E-state index in [9.17, 15) is 19.7 Å². The van der Waals surface area contributed by atoms with Gasteiger partial charge in [0.25, 0.3) is 17.5 Å². The Bertz CT molecular complexity index is 925. The number of nitrogens with one attached hydrogen (secondary N) is 3. The average molecular weight is 402 g/mol. The Morgan fingerprint density at radius 3 is 2.68 bits per heavy atom. The maximum Gasteiger partial charge on any atom is 0.293 e. The van der Waals surface area contributed by atoms with E-state index in [2.05, 4.69) is 23.1 Å². The lowest BCUT2D eigenvalue weighted by Crippen LogP contribution is -2.41. The van der Waals surface area contributed by atoms with Crippen LogP contribution in [0.1, 0.15) is 50.2 Å². The number of rotatable bonds is 5. The first-order chi connectivity index (χ1) is 13.4. The number of thiophene rings is 1. The zero-order valence-electron chi connectivity index (χ0n) is 15.7. The molecule has 3 rings (SSSR count). The van der Waals surface area contributed by atoms with E-state index in [1.807, 2.05) is 6.07 Å². The summed E-state index contributed by atoms with van der Waals surface area (Å²) in [5.41, 5.74) is 6.12. The maximum absolute atomic E-state index is 12.4. The van der Waals surface area contributed by atoms with Crippen LogP contribution in [0.4, 0.5) is 11.4 Å². The number of nitro benzene ring substituents is 1. The van der Waals surface area contributed by atoms with Crippen molar-refractivity contribution in [3.63, 3.8) is 0 Å². The van der Waals surface area contributed by atoms with Crippen LogP contribution in [0.3, 0.4) is 0 Å². The first-order valence-corrected chi connectivity index (χ1v) is 9.93. The molecule has 1 atom stereocenters. The number of fused-ring (bicyclic) bond motifs is 1. The molecule has 1 aliphatic carbocycles. The van der Waals surface area contributed by atoms with Crippen LogP contribution in [-0.4, -0.2) is 23.8 Å². The number of amides is 2. The molecule has 1 aromatic heterocycles. The summed E-state index contributed by atoms with van der Waals surface area (Å²) in [6.45, 7) is 2.18. The van der Waals surface area contributed by atoms with Crippen molar-refractivity contribution >= 4 is 34.5 Å². The van der Waals surface area contributed by atoms with E-state index < -0.39 is 10.8 Å². The average Bonchev–Trinajstić information content (AvgIpc) is 3.14. The summed E-state index contributed by atoms with van der Waals surface area (Å²) in [4.78, 5) is 37.0. The van der Waals surface area contributed by atoms with Crippen molar-refractivity contribution in [2.75, 3.05) is 12.4 Å². The minimum absolute atomic E-state index is 0.0854. The van der Waals surface area contributed by atoms with Crippen LogP contribution in [-0.2, 0) is 12.8 Å². The third kappa shape index (κ3) is 4.14. The molecule has 0 bridgehead atoms. The van der Waals surface area contributed by atoms with E-state index in [0.717, 1.165) is 25.7 Å². The Morgan fingerprint density at radius 1 is 1.25 bits per heavy atom. The molecule has 9 heteroatoms. The quantitative estimate of drug-likeness (QED) is 0.525. The monoisotopic (exact) mass is 402 g/mol. The van der Waals surface area contributed by atoms with Crippen molar-refractivity contribution in [1.82, 2.24) is 10.9 Å². The molecule has 3 N–H and O–H groups in total. The number of carbonyl (C=O) groups excluding carboxylic acids is 2. The number of hydrogen-bond acceptors (Lipinski definition) is 6. The van der Waals surface area contributed by atoms with Gasteiger partial charge in [0.05, 0.1) is 9.80 Å². The van der Waals surface area contributed by atoms with Crippen molar-refractivity contribution in [1.29, 1.82) is 0 Å². The number of hydrogen-bond donors (Lipinski definition) is 3. The summed E-state index contributed by atoms with van der Waals surface area (Å²) in [5, 5.41) is 13.8. The van der Waals surface area contributed by atoms with Crippen LogP contribution in [0.15, 0.2) is 24.3 Å². The number of aryl methyl sites for hydroxylation is 1. The Hall–Kier alpha value is -2.94. The topological polar surface area (TPSA) is 113 Å². The van der Waals surface area contributed by atoms with Gasteiger partial charge in [0, 0.05) is 23.6 Å². The van der Waals surface area contributed by atoms with Crippen LogP contribution in [0.5, 0.6) is 0 Å². The van der Waals surface area contributed by atoms with Gasteiger partial charge in [-0.1, -0.05) is 13.3 Å². The molecule has 0 radical (unpaired) electrons. The highest BCUT2D eigenvalue weighted by atomic mass is 32.1. The molecule has 8 nitrogen and oxygen atoms in total. The van der Waals surface area contributed by atoms with Gasteiger partial charge in [-0.25, -0.2) is 0 Å². The molecular weight excluding hydrogens is 380 g/mol. The normalized spacial score (nSPS) is 15.4. The van der Waals surface area contributed by atoms with Crippen molar-refractivity contribution in [2.24, 2.45) is 5.92 Å². The zero-order chi connectivity index (χ0) is 20.3.